The number of carbonyl (C=O) groups excluding carboxylic acids is 3. The van der Waals surface area contributed by atoms with Gasteiger partial charge in [-0.05, 0) is 52.2 Å². The van der Waals surface area contributed by atoms with Gasteiger partial charge < -0.3 is 5.11 Å². The normalized spacial score (nSPS) is 16.0. The van der Waals surface area contributed by atoms with Gasteiger partial charge in [0.1, 0.15) is 24.8 Å². The molecule has 0 heterocycles. The van der Waals surface area contributed by atoms with Gasteiger partial charge in [-0.1, -0.05) is 0 Å². The highest BCUT2D eigenvalue weighted by molar-refractivity contribution is 6.08. The van der Waals surface area contributed by atoms with Crippen molar-refractivity contribution in [2.75, 3.05) is 0 Å². The van der Waals surface area contributed by atoms with Crippen molar-refractivity contribution in [1.29, 1.82) is 0 Å². The molecule has 2 aromatic carbocycles. The maximum atomic E-state index is 11.6. The zero-order chi connectivity index (χ0) is 15.9. The van der Waals surface area contributed by atoms with Gasteiger partial charge in [0.25, 0.3) is 0 Å². The molecule has 0 aliphatic heterocycles. The molecule has 5 heteroatoms. The van der Waals surface area contributed by atoms with E-state index in [9.17, 15) is 24.3 Å². The lowest BCUT2D eigenvalue weighted by Gasteiger charge is -2.22. The number of aldehydes is 3. The van der Waals surface area contributed by atoms with Crippen molar-refractivity contribution in [3.63, 3.8) is 0 Å². The fraction of sp³-hybridized carbons (Fsp3) is 0.0588. The number of hydrogen-bond donors (Lipinski definition) is 1. The molecule has 1 aliphatic rings. The Labute approximate surface area is 124 Å². The molecule has 0 spiro atoms. The van der Waals surface area contributed by atoms with E-state index >= 15 is 0 Å². The van der Waals surface area contributed by atoms with E-state index < -0.39 is 11.9 Å². The highest BCUT2D eigenvalue weighted by Gasteiger charge is 2.30. The summed E-state index contributed by atoms with van der Waals surface area (Å²) in [4.78, 5) is 44.9. The molecule has 1 atom stereocenters. The monoisotopic (exact) mass is 294 g/mol. The molecule has 22 heavy (non-hydrogen) atoms. The Balaban J connectivity index is 2.48. The van der Waals surface area contributed by atoms with E-state index in [1.807, 2.05) is 0 Å². The average molecular weight is 294 g/mol. The molecule has 0 radical (unpaired) electrons. The Hall–Kier alpha value is -3.08. The van der Waals surface area contributed by atoms with Gasteiger partial charge in [0, 0.05) is 16.7 Å². The first-order valence-corrected chi connectivity index (χ1v) is 6.50. The molecule has 0 aromatic heterocycles. The van der Waals surface area contributed by atoms with E-state index in [0.717, 1.165) is 0 Å². The van der Waals surface area contributed by atoms with E-state index in [1.165, 1.54) is 12.1 Å². The van der Waals surface area contributed by atoms with Crippen LogP contribution in [0.1, 0.15) is 37.8 Å². The van der Waals surface area contributed by atoms with Crippen molar-refractivity contribution >= 4 is 41.7 Å². The molecular formula is C17H10O5. The Morgan fingerprint density at radius 2 is 1.59 bits per heavy atom. The summed E-state index contributed by atoms with van der Waals surface area (Å²) in [6.07, 6.45) is 3.26. The van der Waals surface area contributed by atoms with Gasteiger partial charge in [0.2, 0.25) is 0 Å². The fourth-order valence-electron chi connectivity index (χ4n) is 2.93. The van der Waals surface area contributed by atoms with E-state index in [0.29, 0.717) is 51.9 Å². The molecule has 2 aromatic rings. The van der Waals surface area contributed by atoms with Gasteiger partial charge in [-0.3, -0.25) is 19.2 Å². The molecule has 0 amide bonds. The third kappa shape index (κ3) is 1.95. The molecule has 0 fully saturated rings. The zero-order valence-corrected chi connectivity index (χ0v) is 11.3. The number of carbonyl (C=O) groups is 4. The standard InChI is InChI=1S/C17H10O5/c18-6-9-1-11-3-10(7-19)4-14-15(11)12(2-9)5-13(8-20)16(14)17(21)22/h1-8,16H,(H,21,22). The first-order valence-electron chi connectivity index (χ1n) is 6.50. The van der Waals surface area contributed by atoms with Crippen LogP contribution in [0.25, 0.3) is 16.8 Å². The van der Waals surface area contributed by atoms with Gasteiger partial charge in [-0.25, -0.2) is 0 Å². The third-order valence-electron chi connectivity index (χ3n) is 3.78. The van der Waals surface area contributed by atoms with Crippen LogP contribution in [0.2, 0.25) is 0 Å². The van der Waals surface area contributed by atoms with Crippen molar-refractivity contribution in [3.8, 4) is 0 Å². The topological polar surface area (TPSA) is 88.5 Å². The van der Waals surface area contributed by atoms with Crippen LogP contribution in [0, 0.1) is 0 Å². The summed E-state index contributed by atoms with van der Waals surface area (Å²) >= 11 is 0. The largest absolute Gasteiger partial charge is 0.481 e. The molecular weight excluding hydrogens is 284 g/mol. The molecule has 3 rings (SSSR count). The summed E-state index contributed by atoms with van der Waals surface area (Å²) in [6.45, 7) is 0. The average Bonchev–Trinajstić information content (AvgIpc) is 2.53. The maximum absolute atomic E-state index is 11.6. The Morgan fingerprint density at radius 3 is 2.14 bits per heavy atom. The van der Waals surface area contributed by atoms with Crippen LogP contribution in [0.3, 0.4) is 0 Å². The Kier molecular flexibility index (Phi) is 3.18. The van der Waals surface area contributed by atoms with Crippen molar-refractivity contribution < 1.29 is 24.3 Å². The lowest BCUT2D eigenvalue weighted by atomic mass is 9.80. The Morgan fingerprint density at radius 1 is 0.955 bits per heavy atom. The van der Waals surface area contributed by atoms with Gasteiger partial charge >= 0.3 is 5.97 Å². The van der Waals surface area contributed by atoms with Crippen LogP contribution in [0.5, 0.6) is 0 Å². The van der Waals surface area contributed by atoms with Crippen molar-refractivity contribution in [3.05, 3.63) is 52.1 Å². The molecule has 5 nitrogen and oxygen atoms in total. The van der Waals surface area contributed by atoms with Crippen LogP contribution in [-0.2, 0) is 9.59 Å². The number of hydrogen-bond acceptors (Lipinski definition) is 4. The number of carboxylic acids is 1. The van der Waals surface area contributed by atoms with Crippen LogP contribution in [0.15, 0.2) is 29.8 Å². The fourth-order valence-corrected chi connectivity index (χ4v) is 2.93. The molecule has 0 saturated carbocycles. The quantitative estimate of drug-likeness (QED) is 0.873. The summed E-state index contributed by atoms with van der Waals surface area (Å²) < 4.78 is 0. The second-order valence-corrected chi connectivity index (χ2v) is 5.09. The highest BCUT2D eigenvalue weighted by atomic mass is 16.4. The van der Waals surface area contributed by atoms with Crippen molar-refractivity contribution in [2.24, 2.45) is 0 Å². The lowest BCUT2D eigenvalue weighted by Crippen LogP contribution is -2.18. The zero-order valence-electron chi connectivity index (χ0n) is 11.3. The van der Waals surface area contributed by atoms with E-state index in [4.69, 9.17) is 0 Å². The van der Waals surface area contributed by atoms with Gasteiger partial charge in [0.15, 0.2) is 0 Å². The van der Waals surface area contributed by atoms with E-state index in [-0.39, 0.29) is 5.57 Å². The number of rotatable bonds is 4. The van der Waals surface area contributed by atoms with Crippen LogP contribution in [0.4, 0.5) is 0 Å². The smallest absolute Gasteiger partial charge is 0.315 e. The van der Waals surface area contributed by atoms with Gasteiger partial charge in [-0.15, -0.1) is 0 Å². The third-order valence-corrected chi connectivity index (χ3v) is 3.78. The van der Waals surface area contributed by atoms with Gasteiger partial charge in [-0.2, -0.15) is 0 Å². The predicted molar refractivity (Wildman–Crippen MR) is 79.1 cm³/mol. The van der Waals surface area contributed by atoms with Crippen LogP contribution < -0.4 is 0 Å². The molecule has 1 aliphatic carbocycles. The summed E-state index contributed by atoms with van der Waals surface area (Å²) in [5.74, 6) is -2.28. The van der Waals surface area contributed by atoms with E-state index in [2.05, 4.69) is 0 Å². The lowest BCUT2D eigenvalue weighted by molar-refractivity contribution is -0.138. The second kappa shape index (κ2) is 5.04. The van der Waals surface area contributed by atoms with E-state index in [1.54, 1.807) is 18.2 Å². The molecule has 0 saturated heterocycles. The van der Waals surface area contributed by atoms with Crippen LogP contribution >= 0.6 is 0 Å². The summed E-state index contributed by atoms with van der Waals surface area (Å²) in [5, 5.41) is 10.7. The summed E-state index contributed by atoms with van der Waals surface area (Å²) in [7, 11) is 0. The first-order chi connectivity index (χ1) is 10.6. The minimum atomic E-state index is -1.16. The predicted octanol–water partition coefficient (Wildman–Crippen LogP) is 2.23. The minimum Gasteiger partial charge on any atom is -0.481 e. The van der Waals surface area contributed by atoms with Crippen LogP contribution in [-0.4, -0.2) is 29.9 Å². The van der Waals surface area contributed by atoms with Crippen molar-refractivity contribution in [1.82, 2.24) is 0 Å². The van der Waals surface area contributed by atoms with Gasteiger partial charge in [0.05, 0.1) is 0 Å². The SMILES string of the molecule is O=CC1=Cc2cc(C=O)cc3cc(C=O)cc(c23)C1C(=O)O. The maximum Gasteiger partial charge on any atom is 0.315 e. The second-order valence-electron chi connectivity index (χ2n) is 5.09. The number of benzene rings is 2. The summed E-state index contributed by atoms with van der Waals surface area (Å²) in [6, 6.07) is 6.28. The minimum absolute atomic E-state index is 0.0902. The molecule has 0 bridgehead atoms. The number of aliphatic carboxylic acids is 1. The number of carboxylic acid groups (broad SMARTS) is 1. The Bertz CT molecular complexity index is 871. The summed E-state index contributed by atoms with van der Waals surface area (Å²) in [5.41, 5.74) is 1.78. The molecule has 108 valence electrons. The first kappa shape index (κ1) is 13.9. The van der Waals surface area contributed by atoms with Crippen molar-refractivity contribution in [2.45, 2.75) is 5.92 Å². The highest BCUT2D eigenvalue weighted by Crippen LogP contribution is 2.39. The molecule has 1 unspecified atom stereocenters. The molecule has 1 N–H and O–H groups in total.